The predicted molar refractivity (Wildman–Crippen MR) is 67.5 cm³/mol. The fourth-order valence-corrected chi connectivity index (χ4v) is 1.77. The van der Waals surface area contributed by atoms with Crippen LogP contribution in [0.1, 0.15) is 15.9 Å². The Morgan fingerprint density at radius 3 is 2.10 bits per heavy atom. The average Bonchev–Trinajstić information content (AvgIpc) is 2.39. The average molecular weight is 277 g/mol. The lowest BCUT2D eigenvalue weighted by molar-refractivity contribution is -0.384. The fraction of sp³-hybridized carbons (Fsp3) is 0.0714. The SMILES string of the molecule is O=C(Cc1ccc([N+](=O)[O-])cc1)c1c(F)cccc1F. The molecule has 2 aromatic rings. The molecule has 4 nitrogen and oxygen atoms in total. The highest BCUT2D eigenvalue weighted by molar-refractivity contribution is 5.98. The standard InChI is InChI=1S/C14H9F2NO3/c15-11-2-1-3-12(16)14(11)13(18)8-9-4-6-10(7-5-9)17(19)20/h1-7H,8H2. The van der Waals surface area contributed by atoms with Crippen LogP contribution in [0.3, 0.4) is 0 Å². The largest absolute Gasteiger partial charge is 0.294 e. The summed E-state index contributed by atoms with van der Waals surface area (Å²) in [5.74, 6) is -2.55. The van der Waals surface area contributed by atoms with E-state index in [1.807, 2.05) is 0 Å². The molecule has 0 fully saturated rings. The van der Waals surface area contributed by atoms with Gasteiger partial charge in [0.1, 0.15) is 11.6 Å². The second kappa shape index (κ2) is 5.56. The van der Waals surface area contributed by atoms with E-state index in [1.165, 1.54) is 30.3 Å². The summed E-state index contributed by atoms with van der Waals surface area (Å²) in [7, 11) is 0. The molecule has 0 radical (unpaired) electrons. The van der Waals surface area contributed by atoms with Crippen molar-refractivity contribution in [3.8, 4) is 0 Å². The number of nitrogens with zero attached hydrogens (tertiary/aromatic N) is 1. The number of halogens is 2. The van der Waals surface area contributed by atoms with Gasteiger partial charge in [0.2, 0.25) is 0 Å². The van der Waals surface area contributed by atoms with Gasteiger partial charge in [0.25, 0.3) is 5.69 Å². The van der Waals surface area contributed by atoms with Crippen LogP contribution in [0.2, 0.25) is 0 Å². The number of benzene rings is 2. The molecule has 0 saturated heterocycles. The normalized spacial score (nSPS) is 10.3. The molecule has 6 heteroatoms. The van der Waals surface area contributed by atoms with Crippen molar-refractivity contribution in [1.29, 1.82) is 0 Å². The number of nitro groups is 1. The first-order chi connectivity index (χ1) is 9.49. The number of rotatable bonds is 4. The van der Waals surface area contributed by atoms with E-state index in [0.29, 0.717) is 5.56 Å². The Bertz CT molecular complexity index is 648. The number of non-ortho nitro benzene ring substituents is 1. The van der Waals surface area contributed by atoms with Crippen molar-refractivity contribution in [3.63, 3.8) is 0 Å². The quantitative estimate of drug-likeness (QED) is 0.489. The minimum atomic E-state index is -0.920. The van der Waals surface area contributed by atoms with E-state index in [9.17, 15) is 23.7 Å². The topological polar surface area (TPSA) is 60.2 Å². The zero-order valence-corrected chi connectivity index (χ0v) is 10.2. The van der Waals surface area contributed by atoms with Crippen LogP contribution in [0, 0.1) is 21.7 Å². The van der Waals surface area contributed by atoms with Gasteiger partial charge < -0.3 is 0 Å². The van der Waals surface area contributed by atoms with Gasteiger partial charge in [0.05, 0.1) is 10.5 Å². The molecular formula is C14H9F2NO3. The van der Waals surface area contributed by atoms with Crippen LogP contribution in [0.15, 0.2) is 42.5 Å². The van der Waals surface area contributed by atoms with Gasteiger partial charge in [-0.15, -0.1) is 0 Å². The molecule has 0 aliphatic carbocycles. The van der Waals surface area contributed by atoms with Crippen LogP contribution in [0.5, 0.6) is 0 Å². The molecule has 0 aliphatic rings. The summed E-state index contributed by atoms with van der Waals surface area (Å²) in [4.78, 5) is 21.8. The lowest BCUT2D eigenvalue weighted by Gasteiger charge is -2.04. The molecular weight excluding hydrogens is 268 g/mol. The van der Waals surface area contributed by atoms with E-state index >= 15 is 0 Å². The Kier molecular flexibility index (Phi) is 3.84. The van der Waals surface area contributed by atoms with Gasteiger partial charge in [-0.3, -0.25) is 14.9 Å². The molecule has 102 valence electrons. The third-order valence-electron chi connectivity index (χ3n) is 2.75. The number of carbonyl (C=O) groups is 1. The summed E-state index contributed by atoms with van der Waals surface area (Å²) in [6.07, 6.45) is -0.226. The zero-order valence-electron chi connectivity index (χ0n) is 10.2. The van der Waals surface area contributed by atoms with E-state index in [4.69, 9.17) is 0 Å². The van der Waals surface area contributed by atoms with Gasteiger partial charge in [-0.1, -0.05) is 18.2 Å². The highest BCUT2D eigenvalue weighted by atomic mass is 19.1. The maximum absolute atomic E-state index is 13.4. The van der Waals surface area contributed by atoms with E-state index in [2.05, 4.69) is 0 Å². The molecule has 0 aromatic heterocycles. The minimum absolute atomic E-state index is 0.113. The Morgan fingerprint density at radius 1 is 1.05 bits per heavy atom. The molecule has 2 aromatic carbocycles. The molecule has 0 bridgehead atoms. The van der Waals surface area contributed by atoms with Gasteiger partial charge in [0.15, 0.2) is 5.78 Å². The third-order valence-corrected chi connectivity index (χ3v) is 2.75. The van der Waals surface area contributed by atoms with Gasteiger partial charge in [0, 0.05) is 18.6 Å². The first-order valence-corrected chi connectivity index (χ1v) is 5.69. The number of hydrogen-bond acceptors (Lipinski definition) is 3. The summed E-state index contributed by atoms with van der Waals surface area (Å²) in [5, 5.41) is 10.5. The summed E-state index contributed by atoms with van der Waals surface area (Å²) >= 11 is 0. The predicted octanol–water partition coefficient (Wildman–Crippen LogP) is 3.30. The fourth-order valence-electron chi connectivity index (χ4n) is 1.77. The van der Waals surface area contributed by atoms with Crippen LogP contribution >= 0.6 is 0 Å². The maximum Gasteiger partial charge on any atom is 0.269 e. The van der Waals surface area contributed by atoms with Crippen molar-refractivity contribution in [1.82, 2.24) is 0 Å². The smallest absolute Gasteiger partial charge is 0.269 e. The minimum Gasteiger partial charge on any atom is -0.294 e. The van der Waals surface area contributed by atoms with Gasteiger partial charge in [-0.05, 0) is 17.7 Å². The number of ketones is 1. The monoisotopic (exact) mass is 277 g/mol. The van der Waals surface area contributed by atoms with Crippen LogP contribution in [-0.4, -0.2) is 10.7 Å². The van der Waals surface area contributed by atoms with Crippen molar-refractivity contribution in [2.24, 2.45) is 0 Å². The van der Waals surface area contributed by atoms with E-state index in [1.54, 1.807) is 0 Å². The van der Waals surface area contributed by atoms with E-state index in [0.717, 1.165) is 12.1 Å². The van der Waals surface area contributed by atoms with Crippen molar-refractivity contribution in [2.75, 3.05) is 0 Å². The number of hydrogen-bond donors (Lipinski definition) is 0. The highest BCUT2D eigenvalue weighted by Gasteiger charge is 2.17. The molecule has 0 N–H and O–H groups in total. The Hall–Kier alpha value is -2.63. The first-order valence-electron chi connectivity index (χ1n) is 5.69. The molecule has 2 rings (SSSR count). The van der Waals surface area contributed by atoms with Gasteiger partial charge in [-0.25, -0.2) is 8.78 Å². The van der Waals surface area contributed by atoms with Gasteiger partial charge >= 0.3 is 0 Å². The van der Waals surface area contributed by atoms with Crippen LogP contribution < -0.4 is 0 Å². The zero-order chi connectivity index (χ0) is 14.7. The third kappa shape index (κ3) is 2.85. The Morgan fingerprint density at radius 2 is 1.60 bits per heavy atom. The summed E-state index contributed by atoms with van der Waals surface area (Å²) in [6, 6.07) is 8.43. The molecule has 0 unspecified atom stereocenters. The maximum atomic E-state index is 13.4. The first kappa shape index (κ1) is 13.8. The molecule has 0 amide bonds. The van der Waals surface area contributed by atoms with Crippen LogP contribution in [0.25, 0.3) is 0 Å². The van der Waals surface area contributed by atoms with Crippen LogP contribution in [0.4, 0.5) is 14.5 Å². The van der Waals surface area contributed by atoms with Crippen molar-refractivity contribution in [3.05, 3.63) is 75.3 Å². The van der Waals surface area contributed by atoms with E-state index < -0.39 is 27.9 Å². The number of Topliss-reactive ketones (excluding diaryl/α,β-unsaturated/α-hetero) is 1. The summed E-state index contributed by atoms with van der Waals surface area (Å²) < 4.78 is 26.8. The van der Waals surface area contributed by atoms with Crippen molar-refractivity contribution >= 4 is 11.5 Å². The van der Waals surface area contributed by atoms with Crippen molar-refractivity contribution in [2.45, 2.75) is 6.42 Å². The molecule has 20 heavy (non-hydrogen) atoms. The van der Waals surface area contributed by atoms with Crippen molar-refractivity contribution < 1.29 is 18.5 Å². The van der Waals surface area contributed by atoms with E-state index in [-0.39, 0.29) is 12.1 Å². The van der Waals surface area contributed by atoms with Crippen LogP contribution in [-0.2, 0) is 6.42 Å². The Balaban J connectivity index is 2.21. The molecule has 0 heterocycles. The number of nitro benzene ring substituents is 1. The summed E-state index contributed by atoms with van der Waals surface area (Å²) in [6.45, 7) is 0. The lowest BCUT2D eigenvalue weighted by Crippen LogP contribution is -2.09. The molecule has 0 aliphatic heterocycles. The lowest BCUT2D eigenvalue weighted by atomic mass is 10.0. The number of carbonyl (C=O) groups excluding carboxylic acids is 1. The second-order valence-electron chi connectivity index (χ2n) is 4.12. The summed E-state index contributed by atoms with van der Waals surface area (Å²) in [5.41, 5.74) is -0.257. The molecule has 0 saturated carbocycles. The van der Waals surface area contributed by atoms with Gasteiger partial charge in [-0.2, -0.15) is 0 Å². The molecule has 0 spiro atoms. The second-order valence-corrected chi connectivity index (χ2v) is 4.12. The molecule has 0 atom stereocenters. The highest BCUT2D eigenvalue weighted by Crippen LogP contribution is 2.17. The Labute approximate surface area is 112 Å².